The molecule has 4 fully saturated rings. The van der Waals surface area contributed by atoms with Crippen molar-refractivity contribution in [1.82, 2.24) is 35.1 Å². The average molecular weight is 906 g/mol. The normalized spacial score (nSPS) is 26.6. The van der Waals surface area contributed by atoms with Gasteiger partial charge in [0.25, 0.3) is 5.91 Å². The van der Waals surface area contributed by atoms with Gasteiger partial charge in [-0.15, -0.1) is 11.3 Å². The number of ether oxygens (including phenoxy) is 2. The molecule has 340 valence electrons. The number of aryl methyl sites for hydroxylation is 1. The molecule has 5 amide bonds. The van der Waals surface area contributed by atoms with E-state index >= 15 is 0 Å². The van der Waals surface area contributed by atoms with E-state index in [0.29, 0.717) is 91.1 Å². The lowest BCUT2D eigenvalue weighted by atomic mass is 9.98. The number of amides is 5. The molecular formula is C45H59N7O9S2. The predicted octanol–water partition coefficient (Wildman–Crippen LogP) is 4.93. The number of urea groups is 1. The molecule has 4 N–H and O–H groups in total. The van der Waals surface area contributed by atoms with Gasteiger partial charge in [0, 0.05) is 54.4 Å². The van der Waals surface area contributed by atoms with E-state index in [1.807, 2.05) is 42.7 Å². The number of carbonyl (C=O) groups excluding carboxylic acids is 4. The number of nitrogens with one attached hydrogen (secondary N) is 3. The Hall–Kier alpha value is -4.81. The van der Waals surface area contributed by atoms with Gasteiger partial charge in [-0.1, -0.05) is 38.8 Å². The number of carbonyl (C=O) groups is 4. The quantitative estimate of drug-likeness (QED) is 0.201. The molecule has 0 spiro atoms. The molecule has 0 radical (unpaired) electrons. The number of allylic oxidation sites excluding steroid dienone is 1. The number of aromatic nitrogens is 2. The Morgan fingerprint density at radius 2 is 1.84 bits per heavy atom. The standard InChI is InChI=1S/C45H59N7O9S2/c1-26(2)35-25-62-41(47-35)34-21-38(32-14-15-37(60-4)27(3)39(32)46-34)61-30-20-36-40(54)49-45(43(56)50-63(58,59)31-12-13-31)22-29(45)10-8-6-5-7-9-11-33(42(55)52(36)23-30)48-44(57)51-18-16-28(24-53)17-19-51/h8,10,14-15,21,25-26,28-31,33,36,53H,5-7,9,11-13,16-20,22-24H2,1-4H3,(H,48,57)(H,49,54)(H,50,56)/b10-8-/t29?,30-,33+,36+,45-/m1/s1. The van der Waals surface area contributed by atoms with Crippen molar-refractivity contribution in [3.05, 3.63) is 47.0 Å². The van der Waals surface area contributed by atoms with Gasteiger partial charge in [0.1, 0.15) is 45.9 Å². The van der Waals surface area contributed by atoms with Crippen LogP contribution < -0.4 is 24.8 Å². The zero-order chi connectivity index (χ0) is 44.6. The van der Waals surface area contributed by atoms with Gasteiger partial charge in [-0.3, -0.25) is 19.1 Å². The van der Waals surface area contributed by atoms with Crippen molar-refractivity contribution in [3.63, 3.8) is 0 Å². The van der Waals surface area contributed by atoms with Crippen LogP contribution in [-0.2, 0) is 24.4 Å². The number of aliphatic hydroxyl groups excluding tert-OH is 1. The van der Waals surface area contributed by atoms with Crippen molar-refractivity contribution in [2.75, 3.05) is 33.4 Å². The van der Waals surface area contributed by atoms with Crippen molar-refractivity contribution in [2.45, 2.75) is 126 Å². The van der Waals surface area contributed by atoms with E-state index in [1.54, 1.807) is 12.0 Å². The molecule has 2 aromatic heterocycles. The summed E-state index contributed by atoms with van der Waals surface area (Å²) in [7, 11) is -2.32. The summed E-state index contributed by atoms with van der Waals surface area (Å²) < 4.78 is 40.8. The minimum Gasteiger partial charge on any atom is -0.496 e. The fourth-order valence-corrected chi connectivity index (χ4v) is 11.4. The van der Waals surface area contributed by atoms with Crippen molar-refractivity contribution in [1.29, 1.82) is 0 Å². The highest BCUT2D eigenvalue weighted by Gasteiger charge is 2.62. The largest absolute Gasteiger partial charge is 0.496 e. The number of piperidine rings is 1. The highest BCUT2D eigenvalue weighted by atomic mass is 32.2. The van der Waals surface area contributed by atoms with Gasteiger partial charge < -0.3 is 35.0 Å². The summed E-state index contributed by atoms with van der Waals surface area (Å²) in [4.78, 5) is 70.4. The molecule has 1 unspecified atom stereocenters. The number of benzene rings is 1. The molecular weight excluding hydrogens is 847 g/mol. The Morgan fingerprint density at radius 3 is 2.54 bits per heavy atom. The lowest BCUT2D eigenvalue weighted by Crippen LogP contribution is -2.59. The van der Waals surface area contributed by atoms with Gasteiger partial charge >= 0.3 is 6.03 Å². The Morgan fingerprint density at radius 1 is 1.06 bits per heavy atom. The number of methoxy groups -OCH3 is 1. The summed E-state index contributed by atoms with van der Waals surface area (Å²) >= 11 is 1.48. The number of rotatable bonds is 10. The van der Waals surface area contributed by atoms with E-state index in [1.165, 1.54) is 16.2 Å². The second-order valence-corrected chi connectivity index (χ2v) is 21.0. The van der Waals surface area contributed by atoms with Crippen LogP contribution in [0.1, 0.15) is 102 Å². The summed E-state index contributed by atoms with van der Waals surface area (Å²) in [6, 6.07) is 3.09. The molecule has 0 bridgehead atoms. The number of fused-ring (bicyclic) bond motifs is 3. The van der Waals surface area contributed by atoms with Crippen LogP contribution in [0.25, 0.3) is 21.6 Å². The van der Waals surface area contributed by atoms with Crippen LogP contribution in [0.5, 0.6) is 11.5 Å². The molecule has 8 rings (SSSR count). The first kappa shape index (κ1) is 44.8. The van der Waals surface area contributed by atoms with Crippen LogP contribution in [0.3, 0.4) is 0 Å². The van der Waals surface area contributed by atoms with E-state index in [0.717, 1.165) is 24.1 Å². The Balaban J connectivity index is 1.13. The molecule has 2 aliphatic carbocycles. The van der Waals surface area contributed by atoms with Gasteiger partial charge in [-0.25, -0.2) is 23.2 Å². The maximum absolute atomic E-state index is 14.9. The van der Waals surface area contributed by atoms with E-state index < -0.39 is 62.6 Å². The van der Waals surface area contributed by atoms with Crippen LogP contribution in [0.2, 0.25) is 0 Å². The number of pyridine rings is 1. The Labute approximate surface area is 372 Å². The first-order chi connectivity index (χ1) is 30.2. The van der Waals surface area contributed by atoms with E-state index in [-0.39, 0.29) is 43.9 Å². The second-order valence-electron chi connectivity index (χ2n) is 18.1. The lowest BCUT2D eigenvalue weighted by Gasteiger charge is -2.34. The maximum atomic E-state index is 14.9. The first-order valence-corrected chi connectivity index (χ1v) is 24.8. The third kappa shape index (κ3) is 9.53. The number of thiazole rings is 1. The van der Waals surface area contributed by atoms with Crippen molar-refractivity contribution >= 4 is 56.0 Å². The van der Waals surface area contributed by atoms with Crippen molar-refractivity contribution in [3.8, 4) is 22.2 Å². The molecule has 2 saturated heterocycles. The van der Waals surface area contributed by atoms with Crippen molar-refractivity contribution < 1.29 is 42.2 Å². The van der Waals surface area contributed by atoms with Crippen molar-refractivity contribution in [2.24, 2.45) is 11.8 Å². The van der Waals surface area contributed by atoms with Crippen LogP contribution in [0, 0.1) is 18.8 Å². The monoisotopic (exact) mass is 905 g/mol. The number of nitrogens with zero attached hydrogens (tertiary/aromatic N) is 4. The number of likely N-dealkylation sites (tertiary alicyclic amines) is 1. The third-order valence-corrected chi connectivity index (χ3v) is 16.0. The summed E-state index contributed by atoms with van der Waals surface area (Å²) in [5.74, 6) is -0.825. The van der Waals surface area contributed by atoms with Crippen LogP contribution in [-0.4, -0.2) is 119 Å². The SMILES string of the molecule is COc1ccc2c(O[C@@H]3C[C@H]4C(=O)N[C@]5(C(=O)NS(=O)(=O)C6CC6)CC5/C=C\CCCCC[C@H](NC(=O)N5CCC(CO)CC5)C(=O)N4C3)cc(-c3nc(C(C)C)cs3)nc2c1C. The van der Waals surface area contributed by atoms with Gasteiger partial charge in [-0.05, 0) is 82.3 Å². The zero-order valence-electron chi connectivity index (χ0n) is 36.4. The summed E-state index contributed by atoms with van der Waals surface area (Å²) in [6.07, 6.45) is 8.88. The predicted molar refractivity (Wildman–Crippen MR) is 238 cm³/mol. The molecule has 5 aliphatic rings. The fourth-order valence-electron chi connectivity index (χ4n) is 9.06. The summed E-state index contributed by atoms with van der Waals surface area (Å²) in [5, 5.41) is 18.4. The highest BCUT2D eigenvalue weighted by Crippen LogP contribution is 2.46. The smallest absolute Gasteiger partial charge is 0.318 e. The van der Waals surface area contributed by atoms with Gasteiger partial charge in [0.05, 0.1) is 30.1 Å². The van der Waals surface area contributed by atoms with Crippen LogP contribution in [0.4, 0.5) is 4.79 Å². The lowest BCUT2D eigenvalue weighted by molar-refractivity contribution is -0.141. The number of aliphatic hydroxyl groups is 1. The number of hydrogen-bond acceptors (Lipinski definition) is 12. The molecule has 2 saturated carbocycles. The molecule has 3 aromatic rings. The van der Waals surface area contributed by atoms with E-state index in [9.17, 15) is 32.7 Å². The fraction of sp³-hybridized carbons (Fsp3) is 0.600. The zero-order valence-corrected chi connectivity index (χ0v) is 38.1. The molecule has 18 heteroatoms. The van der Waals surface area contributed by atoms with Crippen LogP contribution >= 0.6 is 11.3 Å². The molecule has 63 heavy (non-hydrogen) atoms. The molecule has 16 nitrogen and oxygen atoms in total. The average Bonchev–Trinajstić information content (AvgIpc) is 4.14. The van der Waals surface area contributed by atoms with Gasteiger partial charge in [0.2, 0.25) is 21.8 Å². The second kappa shape index (κ2) is 18.4. The molecule has 1 aromatic carbocycles. The molecule has 5 heterocycles. The Bertz CT molecular complexity index is 2380. The minimum atomic E-state index is -3.92. The molecule has 5 atom stereocenters. The number of hydrogen-bond donors (Lipinski definition) is 4. The van der Waals surface area contributed by atoms with E-state index in [4.69, 9.17) is 19.4 Å². The first-order valence-electron chi connectivity index (χ1n) is 22.3. The Kier molecular flexibility index (Phi) is 13.0. The van der Waals surface area contributed by atoms with Gasteiger partial charge in [0.15, 0.2) is 0 Å². The van der Waals surface area contributed by atoms with Crippen LogP contribution in [0.15, 0.2) is 35.7 Å². The minimum absolute atomic E-state index is 0.00714. The maximum Gasteiger partial charge on any atom is 0.318 e. The van der Waals surface area contributed by atoms with Gasteiger partial charge in [-0.2, -0.15) is 0 Å². The highest BCUT2D eigenvalue weighted by molar-refractivity contribution is 7.91. The third-order valence-electron chi connectivity index (χ3n) is 13.3. The summed E-state index contributed by atoms with van der Waals surface area (Å²) in [6.45, 7) is 7.02. The number of sulfonamides is 1. The van der Waals surface area contributed by atoms with E-state index in [2.05, 4.69) is 29.2 Å². The molecule has 3 aliphatic heterocycles. The summed E-state index contributed by atoms with van der Waals surface area (Å²) in [5.41, 5.74) is 1.47. The topological polar surface area (TPSA) is 209 Å².